The minimum absolute atomic E-state index is 0.0381. The largest absolute Gasteiger partial charge is 0.320 e. The van der Waals surface area contributed by atoms with Gasteiger partial charge in [-0.05, 0) is 10.4 Å². The van der Waals surface area contributed by atoms with E-state index in [0.717, 1.165) is 4.88 Å². The molecule has 0 spiro atoms. The summed E-state index contributed by atoms with van der Waals surface area (Å²) in [6.07, 6.45) is 2.94. The molecule has 8 nitrogen and oxygen atoms in total. The van der Waals surface area contributed by atoms with E-state index in [0.29, 0.717) is 11.7 Å². The van der Waals surface area contributed by atoms with Crippen molar-refractivity contribution in [1.29, 1.82) is 0 Å². The van der Waals surface area contributed by atoms with Gasteiger partial charge in [0.2, 0.25) is 5.91 Å². The first-order chi connectivity index (χ1) is 8.78. The molecule has 0 atom stereocenters. The van der Waals surface area contributed by atoms with E-state index in [4.69, 9.17) is 5.73 Å². The average molecular weight is 263 g/mol. The van der Waals surface area contributed by atoms with Crippen LogP contribution >= 0.6 is 11.3 Å². The number of hydrogen-bond donors (Lipinski definition) is 2. The number of nitrogens with zero attached hydrogens (tertiary/aromatic N) is 5. The third-order valence-corrected chi connectivity index (χ3v) is 2.59. The second-order valence-corrected chi connectivity index (χ2v) is 4.12. The molecular formula is C9H9N7OS. The van der Waals surface area contributed by atoms with E-state index in [1.165, 1.54) is 22.3 Å². The highest BCUT2D eigenvalue weighted by atomic mass is 32.1. The molecule has 2 heterocycles. The van der Waals surface area contributed by atoms with Crippen LogP contribution in [0.1, 0.15) is 4.88 Å². The number of aromatic nitrogens is 5. The Balaban J connectivity index is 1.93. The molecule has 9 heteroatoms. The number of carbonyl (C=O) groups is 1. The fourth-order valence-electron chi connectivity index (χ4n) is 1.09. The molecule has 0 saturated heterocycles. The van der Waals surface area contributed by atoms with Crippen molar-refractivity contribution in [3.63, 3.8) is 0 Å². The number of thiazole rings is 1. The number of anilines is 1. The SMILES string of the molecule is NCC#Cc1cnc(NC(=O)Cn2cnnn2)s1. The van der Waals surface area contributed by atoms with Crippen molar-refractivity contribution < 1.29 is 4.79 Å². The van der Waals surface area contributed by atoms with Crippen molar-refractivity contribution in [2.75, 3.05) is 11.9 Å². The molecule has 92 valence electrons. The monoisotopic (exact) mass is 263 g/mol. The molecule has 18 heavy (non-hydrogen) atoms. The van der Waals surface area contributed by atoms with Gasteiger partial charge in [-0.25, -0.2) is 9.67 Å². The fourth-order valence-corrected chi connectivity index (χ4v) is 1.79. The zero-order chi connectivity index (χ0) is 12.8. The van der Waals surface area contributed by atoms with Crippen LogP contribution < -0.4 is 11.1 Å². The lowest BCUT2D eigenvalue weighted by Gasteiger charge is -1.99. The van der Waals surface area contributed by atoms with E-state index >= 15 is 0 Å². The van der Waals surface area contributed by atoms with Gasteiger partial charge in [0.05, 0.1) is 17.6 Å². The second-order valence-electron chi connectivity index (χ2n) is 3.09. The van der Waals surface area contributed by atoms with Gasteiger partial charge in [0.1, 0.15) is 12.9 Å². The van der Waals surface area contributed by atoms with Crippen LogP contribution in [0.3, 0.4) is 0 Å². The fraction of sp³-hybridized carbons (Fsp3) is 0.222. The summed E-state index contributed by atoms with van der Waals surface area (Å²) in [7, 11) is 0. The van der Waals surface area contributed by atoms with Crippen LogP contribution in [0.25, 0.3) is 0 Å². The van der Waals surface area contributed by atoms with Crippen LogP contribution in [0, 0.1) is 11.8 Å². The lowest BCUT2D eigenvalue weighted by Crippen LogP contribution is -2.18. The van der Waals surface area contributed by atoms with Crippen LogP contribution in [-0.2, 0) is 11.3 Å². The zero-order valence-corrected chi connectivity index (χ0v) is 10.0. The summed E-state index contributed by atoms with van der Waals surface area (Å²) in [6.45, 7) is 0.329. The topological polar surface area (TPSA) is 112 Å². The Labute approximate surface area is 106 Å². The quantitative estimate of drug-likeness (QED) is 0.693. The molecule has 2 rings (SSSR count). The van der Waals surface area contributed by atoms with Crippen LogP contribution in [0.4, 0.5) is 5.13 Å². The summed E-state index contributed by atoms with van der Waals surface area (Å²) in [5.74, 6) is 5.29. The van der Waals surface area contributed by atoms with E-state index in [-0.39, 0.29) is 12.5 Å². The molecule has 0 bridgehead atoms. The van der Waals surface area contributed by atoms with Gasteiger partial charge in [0.15, 0.2) is 5.13 Å². The van der Waals surface area contributed by atoms with E-state index in [9.17, 15) is 4.79 Å². The van der Waals surface area contributed by atoms with Gasteiger partial charge in [-0.15, -0.1) is 5.10 Å². The predicted octanol–water partition coefficient (Wildman–Crippen LogP) is -0.922. The van der Waals surface area contributed by atoms with Crippen LogP contribution in [0.2, 0.25) is 0 Å². The van der Waals surface area contributed by atoms with Gasteiger partial charge < -0.3 is 11.1 Å². The summed E-state index contributed by atoms with van der Waals surface area (Å²) in [5.41, 5.74) is 5.26. The van der Waals surface area contributed by atoms with Crippen LogP contribution in [0.15, 0.2) is 12.5 Å². The van der Waals surface area contributed by atoms with E-state index in [1.807, 2.05) is 0 Å². The molecule has 0 fully saturated rings. The Hall–Kier alpha value is -2.31. The van der Waals surface area contributed by atoms with Gasteiger partial charge in [-0.1, -0.05) is 23.2 Å². The Morgan fingerprint density at radius 2 is 2.50 bits per heavy atom. The maximum absolute atomic E-state index is 11.6. The van der Waals surface area contributed by atoms with Gasteiger partial charge in [0.25, 0.3) is 0 Å². The number of hydrogen-bond acceptors (Lipinski definition) is 7. The van der Waals surface area contributed by atoms with Gasteiger partial charge in [-0.2, -0.15) is 0 Å². The minimum atomic E-state index is -0.255. The van der Waals surface area contributed by atoms with Gasteiger partial charge in [0, 0.05) is 0 Å². The van der Waals surface area contributed by atoms with Gasteiger partial charge >= 0.3 is 0 Å². The number of amides is 1. The predicted molar refractivity (Wildman–Crippen MR) is 64.5 cm³/mol. The molecule has 3 N–H and O–H groups in total. The van der Waals surface area contributed by atoms with Crippen molar-refractivity contribution in [3.8, 4) is 11.8 Å². The van der Waals surface area contributed by atoms with Crippen molar-refractivity contribution in [2.45, 2.75) is 6.54 Å². The lowest BCUT2D eigenvalue weighted by atomic mass is 10.5. The molecule has 2 aromatic heterocycles. The highest BCUT2D eigenvalue weighted by molar-refractivity contribution is 7.16. The molecule has 0 unspecified atom stereocenters. The Kier molecular flexibility index (Phi) is 3.95. The highest BCUT2D eigenvalue weighted by Gasteiger charge is 2.07. The molecule has 0 aromatic carbocycles. The van der Waals surface area contributed by atoms with Crippen molar-refractivity contribution in [3.05, 3.63) is 17.4 Å². The third kappa shape index (κ3) is 3.34. The first-order valence-electron chi connectivity index (χ1n) is 4.93. The first kappa shape index (κ1) is 12.2. The van der Waals surface area contributed by atoms with Gasteiger partial charge in [-0.3, -0.25) is 4.79 Å². The average Bonchev–Trinajstić information content (AvgIpc) is 2.98. The normalized spacial score (nSPS) is 9.61. The Morgan fingerprint density at radius 1 is 1.61 bits per heavy atom. The lowest BCUT2D eigenvalue weighted by molar-refractivity contribution is -0.116. The summed E-state index contributed by atoms with van der Waals surface area (Å²) in [6, 6.07) is 0. The van der Waals surface area contributed by atoms with Crippen LogP contribution in [0.5, 0.6) is 0 Å². The van der Waals surface area contributed by atoms with Crippen molar-refractivity contribution >= 4 is 22.4 Å². The maximum atomic E-state index is 11.6. The summed E-state index contributed by atoms with van der Waals surface area (Å²) >= 11 is 1.28. The van der Waals surface area contributed by atoms with E-state index in [1.54, 1.807) is 6.20 Å². The maximum Gasteiger partial charge on any atom is 0.248 e. The highest BCUT2D eigenvalue weighted by Crippen LogP contribution is 2.16. The van der Waals surface area contributed by atoms with Crippen LogP contribution in [-0.4, -0.2) is 37.6 Å². The number of carbonyl (C=O) groups excluding carboxylic acids is 1. The standard InChI is InChI=1S/C9H9N7OS/c10-3-1-2-7-4-11-9(18-7)13-8(17)5-16-6-12-14-15-16/h4,6H,3,5,10H2,(H,11,13,17). The smallest absolute Gasteiger partial charge is 0.248 e. The summed E-state index contributed by atoms with van der Waals surface area (Å²) < 4.78 is 1.32. The number of nitrogens with one attached hydrogen (secondary N) is 1. The molecule has 0 radical (unpaired) electrons. The molecule has 0 aliphatic rings. The molecule has 0 aliphatic carbocycles. The molecule has 2 aromatic rings. The summed E-state index contributed by atoms with van der Waals surface area (Å²) in [4.78, 5) is 16.4. The minimum Gasteiger partial charge on any atom is -0.320 e. The first-order valence-corrected chi connectivity index (χ1v) is 5.75. The van der Waals surface area contributed by atoms with Crippen molar-refractivity contribution in [2.24, 2.45) is 5.73 Å². The number of tetrazole rings is 1. The molecular weight excluding hydrogens is 254 g/mol. The Morgan fingerprint density at radius 3 is 3.22 bits per heavy atom. The van der Waals surface area contributed by atoms with E-state index < -0.39 is 0 Å². The van der Waals surface area contributed by atoms with E-state index in [2.05, 4.69) is 37.7 Å². The molecule has 0 aliphatic heterocycles. The zero-order valence-electron chi connectivity index (χ0n) is 9.20. The molecule has 1 amide bonds. The number of nitrogens with two attached hydrogens (primary N) is 1. The summed E-state index contributed by atoms with van der Waals surface area (Å²) in [5, 5.41) is 13.6. The number of rotatable bonds is 3. The second kappa shape index (κ2) is 5.85. The Bertz CT molecular complexity index is 580. The third-order valence-electron chi connectivity index (χ3n) is 1.76. The van der Waals surface area contributed by atoms with Crippen molar-refractivity contribution in [1.82, 2.24) is 25.2 Å². The molecule has 0 saturated carbocycles.